The molecule has 1 aromatic heterocycles. The number of alkyl halides is 3. The Morgan fingerprint density at radius 2 is 1.88 bits per heavy atom. The average Bonchev–Trinajstić information content (AvgIpc) is 2.58. The van der Waals surface area contributed by atoms with Crippen LogP contribution >= 0.6 is 12.4 Å². The Morgan fingerprint density at radius 3 is 2.53 bits per heavy atom. The number of rotatable bonds is 2. The van der Waals surface area contributed by atoms with Crippen LogP contribution in [0.4, 0.5) is 13.2 Å². The molecule has 0 unspecified atom stereocenters. The van der Waals surface area contributed by atoms with Gasteiger partial charge in [-0.2, -0.15) is 13.2 Å². The van der Waals surface area contributed by atoms with E-state index in [0.717, 1.165) is 10.9 Å². The second kappa shape index (κ2) is 4.98. The average molecular weight is 265 g/mol. The second-order valence-corrected chi connectivity index (χ2v) is 3.72. The number of hydrogen-bond acceptors (Lipinski definition) is 1. The molecule has 94 valence electrons. The number of para-hydroxylation sites is 1. The van der Waals surface area contributed by atoms with E-state index >= 15 is 0 Å². The van der Waals surface area contributed by atoms with Crippen LogP contribution < -0.4 is 5.73 Å². The highest BCUT2D eigenvalue weighted by atomic mass is 35.5. The summed E-state index contributed by atoms with van der Waals surface area (Å²) < 4.78 is 36.6. The fourth-order valence-corrected chi connectivity index (χ4v) is 1.76. The van der Waals surface area contributed by atoms with Gasteiger partial charge in [-0.3, -0.25) is 0 Å². The number of hydrogen-bond donors (Lipinski definition) is 2. The highest BCUT2D eigenvalue weighted by Crippen LogP contribution is 2.31. The summed E-state index contributed by atoms with van der Waals surface area (Å²) in [5, 5.41) is 0.749. The molecule has 0 amide bonds. The Kier molecular flexibility index (Phi) is 4.06. The largest absolute Gasteiger partial charge is 0.390 e. The Bertz CT molecular complexity index is 493. The van der Waals surface area contributed by atoms with E-state index in [-0.39, 0.29) is 12.4 Å². The monoisotopic (exact) mass is 264 g/mol. The second-order valence-electron chi connectivity index (χ2n) is 3.72. The van der Waals surface area contributed by atoms with E-state index in [4.69, 9.17) is 5.73 Å². The molecule has 0 saturated carbocycles. The van der Waals surface area contributed by atoms with Crippen molar-refractivity contribution in [1.82, 2.24) is 4.98 Å². The van der Waals surface area contributed by atoms with Gasteiger partial charge in [-0.15, -0.1) is 12.4 Å². The first-order valence-corrected chi connectivity index (χ1v) is 4.86. The summed E-state index contributed by atoms with van der Waals surface area (Å²) in [6, 6.07) is 6.14. The van der Waals surface area contributed by atoms with Gasteiger partial charge in [0, 0.05) is 23.1 Å². The molecule has 17 heavy (non-hydrogen) atoms. The van der Waals surface area contributed by atoms with Crippen LogP contribution in [0.25, 0.3) is 10.9 Å². The highest BCUT2D eigenvalue weighted by Gasteiger charge is 2.31. The van der Waals surface area contributed by atoms with E-state index in [1.54, 1.807) is 24.4 Å². The lowest BCUT2D eigenvalue weighted by molar-refractivity contribution is -0.138. The lowest BCUT2D eigenvalue weighted by Gasteiger charge is -2.13. The van der Waals surface area contributed by atoms with Crippen molar-refractivity contribution in [2.75, 3.05) is 0 Å². The highest BCUT2D eigenvalue weighted by molar-refractivity contribution is 5.85. The van der Waals surface area contributed by atoms with Crippen molar-refractivity contribution in [2.24, 2.45) is 5.73 Å². The molecular weight excluding hydrogens is 253 g/mol. The van der Waals surface area contributed by atoms with Crippen molar-refractivity contribution >= 4 is 23.3 Å². The molecule has 6 heteroatoms. The van der Waals surface area contributed by atoms with E-state index in [1.807, 2.05) is 6.07 Å². The molecule has 2 rings (SSSR count). The first kappa shape index (κ1) is 13.9. The van der Waals surface area contributed by atoms with Gasteiger partial charge in [0.2, 0.25) is 0 Å². The summed E-state index contributed by atoms with van der Waals surface area (Å²) >= 11 is 0. The van der Waals surface area contributed by atoms with Crippen LogP contribution in [-0.4, -0.2) is 11.2 Å². The first-order valence-electron chi connectivity index (χ1n) is 4.86. The van der Waals surface area contributed by atoms with Gasteiger partial charge in [-0.25, -0.2) is 0 Å². The Morgan fingerprint density at radius 1 is 1.24 bits per heavy atom. The zero-order valence-corrected chi connectivity index (χ0v) is 9.61. The SMILES string of the molecule is Cl.N[C@H](CC(F)(F)F)c1c[nH]c2ccccc12. The molecule has 2 aromatic rings. The minimum absolute atomic E-state index is 0. The standard InChI is InChI=1S/C11H11F3N2.ClH/c12-11(13,14)5-9(15)8-6-16-10-4-2-1-3-7(8)10;/h1-4,6,9,16H,5,15H2;1H/t9-;/m1./s1. The van der Waals surface area contributed by atoms with Crippen molar-refractivity contribution in [1.29, 1.82) is 0 Å². The Hall–Kier alpha value is -1.20. The predicted octanol–water partition coefficient (Wildman–Crippen LogP) is 3.54. The lowest BCUT2D eigenvalue weighted by Crippen LogP contribution is -2.19. The van der Waals surface area contributed by atoms with Crippen LogP contribution in [0.5, 0.6) is 0 Å². The molecule has 0 fully saturated rings. The molecule has 1 atom stereocenters. The number of fused-ring (bicyclic) bond motifs is 1. The van der Waals surface area contributed by atoms with Crippen molar-refractivity contribution in [2.45, 2.75) is 18.6 Å². The summed E-state index contributed by atoms with van der Waals surface area (Å²) in [5.41, 5.74) is 6.86. The Labute approximate surface area is 102 Å². The molecular formula is C11H12ClF3N2. The number of aromatic nitrogens is 1. The lowest BCUT2D eigenvalue weighted by atomic mass is 10.0. The Balaban J connectivity index is 0.00000144. The van der Waals surface area contributed by atoms with Crippen molar-refractivity contribution in [3.8, 4) is 0 Å². The third-order valence-electron chi connectivity index (χ3n) is 2.47. The summed E-state index contributed by atoms with van der Waals surface area (Å²) in [5.74, 6) is 0. The van der Waals surface area contributed by atoms with Gasteiger partial charge >= 0.3 is 6.18 Å². The number of H-pyrrole nitrogens is 1. The quantitative estimate of drug-likeness (QED) is 0.856. The van der Waals surface area contributed by atoms with Crippen LogP contribution in [0, 0.1) is 0 Å². The zero-order chi connectivity index (χ0) is 11.8. The van der Waals surface area contributed by atoms with Crippen molar-refractivity contribution in [3.05, 3.63) is 36.0 Å². The van der Waals surface area contributed by atoms with Gasteiger partial charge in [0.05, 0.1) is 6.42 Å². The third kappa shape index (κ3) is 3.14. The van der Waals surface area contributed by atoms with Crippen LogP contribution in [0.3, 0.4) is 0 Å². The number of halogens is 4. The summed E-state index contributed by atoms with van der Waals surface area (Å²) in [6.45, 7) is 0. The van der Waals surface area contributed by atoms with E-state index in [9.17, 15) is 13.2 Å². The minimum Gasteiger partial charge on any atom is -0.361 e. The smallest absolute Gasteiger partial charge is 0.361 e. The van der Waals surface area contributed by atoms with Crippen LogP contribution in [0.15, 0.2) is 30.5 Å². The molecule has 0 aliphatic heterocycles. The normalized spacial score (nSPS) is 13.4. The molecule has 0 aliphatic carbocycles. The molecule has 3 N–H and O–H groups in total. The van der Waals surface area contributed by atoms with E-state index in [2.05, 4.69) is 4.98 Å². The third-order valence-corrected chi connectivity index (χ3v) is 2.47. The maximum atomic E-state index is 12.2. The van der Waals surface area contributed by atoms with Crippen LogP contribution in [0.1, 0.15) is 18.0 Å². The summed E-state index contributed by atoms with van der Waals surface area (Å²) in [4.78, 5) is 2.91. The van der Waals surface area contributed by atoms with E-state index in [0.29, 0.717) is 5.56 Å². The minimum atomic E-state index is -4.24. The van der Waals surface area contributed by atoms with Crippen LogP contribution in [0.2, 0.25) is 0 Å². The fourth-order valence-electron chi connectivity index (χ4n) is 1.76. The summed E-state index contributed by atoms with van der Waals surface area (Å²) in [7, 11) is 0. The fraction of sp³-hybridized carbons (Fsp3) is 0.273. The predicted molar refractivity (Wildman–Crippen MR) is 63.1 cm³/mol. The van der Waals surface area contributed by atoms with Gasteiger partial charge in [-0.1, -0.05) is 18.2 Å². The summed E-state index contributed by atoms with van der Waals surface area (Å²) in [6.07, 6.45) is -3.70. The topological polar surface area (TPSA) is 41.8 Å². The maximum Gasteiger partial charge on any atom is 0.390 e. The van der Waals surface area contributed by atoms with Gasteiger partial charge in [0.15, 0.2) is 0 Å². The van der Waals surface area contributed by atoms with Gasteiger partial charge in [-0.05, 0) is 11.6 Å². The maximum absolute atomic E-state index is 12.2. The molecule has 0 saturated heterocycles. The van der Waals surface area contributed by atoms with Crippen molar-refractivity contribution in [3.63, 3.8) is 0 Å². The first-order chi connectivity index (χ1) is 7.47. The van der Waals surface area contributed by atoms with Crippen molar-refractivity contribution < 1.29 is 13.2 Å². The van der Waals surface area contributed by atoms with E-state index < -0.39 is 18.6 Å². The van der Waals surface area contributed by atoms with Gasteiger partial charge in [0.1, 0.15) is 0 Å². The van der Waals surface area contributed by atoms with Crippen LogP contribution in [-0.2, 0) is 0 Å². The molecule has 0 bridgehead atoms. The number of nitrogens with one attached hydrogen (secondary N) is 1. The molecule has 0 radical (unpaired) electrons. The molecule has 2 nitrogen and oxygen atoms in total. The van der Waals surface area contributed by atoms with Gasteiger partial charge in [0.25, 0.3) is 0 Å². The molecule has 0 aliphatic rings. The van der Waals surface area contributed by atoms with E-state index in [1.165, 1.54) is 0 Å². The molecule has 0 spiro atoms. The number of benzene rings is 1. The molecule has 1 heterocycles. The zero-order valence-electron chi connectivity index (χ0n) is 8.79. The number of aromatic amines is 1. The molecule has 1 aromatic carbocycles. The van der Waals surface area contributed by atoms with Gasteiger partial charge < -0.3 is 10.7 Å². The number of nitrogens with two attached hydrogens (primary N) is 1.